The molecule has 2 aliphatic rings. The van der Waals surface area contributed by atoms with Gasteiger partial charge in [0.2, 0.25) is 10.0 Å². The van der Waals surface area contributed by atoms with Gasteiger partial charge in [0, 0.05) is 31.2 Å². The summed E-state index contributed by atoms with van der Waals surface area (Å²) in [4.78, 5) is 14.9. The Balaban J connectivity index is 1.74. The van der Waals surface area contributed by atoms with Crippen LogP contribution in [0.5, 0.6) is 0 Å². The molecule has 1 aromatic rings. The molecule has 0 saturated carbocycles. The average molecular weight is 379 g/mol. The lowest BCUT2D eigenvalue weighted by Crippen LogP contribution is -2.41. The van der Waals surface area contributed by atoms with Crippen molar-refractivity contribution in [2.75, 3.05) is 19.6 Å². The van der Waals surface area contributed by atoms with Crippen molar-refractivity contribution >= 4 is 15.9 Å². The summed E-state index contributed by atoms with van der Waals surface area (Å²) in [6.07, 6.45) is 8.60. The molecule has 1 amide bonds. The van der Waals surface area contributed by atoms with Crippen molar-refractivity contribution in [1.82, 2.24) is 9.21 Å². The van der Waals surface area contributed by atoms with E-state index in [-0.39, 0.29) is 16.8 Å². The summed E-state index contributed by atoms with van der Waals surface area (Å²) in [6, 6.07) is 6.56. The van der Waals surface area contributed by atoms with Crippen molar-refractivity contribution in [3.8, 4) is 0 Å². The van der Waals surface area contributed by atoms with Crippen molar-refractivity contribution in [1.29, 1.82) is 0 Å². The molecule has 6 heteroatoms. The SMILES string of the molecule is CC1CCCCN1S(=O)(=O)c1ccc(C(=O)N2CCCCCCC2)cc1. The molecule has 26 heavy (non-hydrogen) atoms. The normalized spacial score (nSPS) is 23.3. The van der Waals surface area contributed by atoms with Crippen LogP contribution >= 0.6 is 0 Å². The van der Waals surface area contributed by atoms with E-state index in [1.807, 2.05) is 11.8 Å². The number of carbonyl (C=O) groups is 1. The van der Waals surface area contributed by atoms with Crippen molar-refractivity contribution in [3.63, 3.8) is 0 Å². The lowest BCUT2D eigenvalue weighted by molar-refractivity contribution is 0.0742. The van der Waals surface area contributed by atoms with Crippen molar-refractivity contribution < 1.29 is 13.2 Å². The summed E-state index contributed by atoms with van der Waals surface area (Å²) in [7, 11) is -3.48. The third-order valence-electron chi connectivity index (χ3n) is 5.59. The maximum atomic E-state index is 12.9. The molecule has 0 aromatic heterocycles. The molecule has 0 spiro atoms. The summed E-state index contributed by atoms with van der Waals surface area (Å²) in [5.41, 5.74) is 0.580. The van der Waals surface area contributed by atoms with E-state index in [0.29, 0.717) is 12.1 Å². The van der Waals surface area contributed by atoms with Gasteiger partial charge in [-0.1, -0.05) is 25.7 Å². The molecule has 1 atom stereocenters. The van der Waals surface area contributed by atoms with Gasteiger partial charge in [0.1, 0.15) is 0 Å². The van der Waals surface area contributed by atoms with Gasteiger partial charge in [-0.05, 0) is 56.9 Å². The molecule has 2 aliphatic heterocycles. The molecule has 144 valence electrons. The fourth-order valence-corrected chi connectivity index (χ4v) is 5.67. The Morgan fingerprint density at radius 3 is 2.08 bits per heavy atom. The molecule has 2 saturated heterocycles. The van der Waals surface area contributed by atoms with E-state index in [4.69, 9.17) is 0 Å². The number of likely N-dealkylation sites (tertiary alicyclic amines) is 1. The van der Waals surface area contributed by atoms with E-state index in [2.05, 4.69) is 0 Å². The Kier molecular flexibility index (Phi) is 6.35. The van der Waals surface area contributed by atoms with Crippen molar-refractivity contribution in [2.45, 2.75) is 69.2 Å². The zero-order chi connectivity index (χ0) is 18.6. The third-order valence-corrected chi connectivity index (χ3v) is 7.62. The number of amides is 1. The van der Waals surface area contributed by atoms with Crippen LogP contribution in [0.2, 0.25) is 0 Å². The van der Waals surface area contributed by atoms with Gasteiger partial charge in [-0.25, -0.2) is 8.42 Å². The maximum absolute atomic E-state index is 12.9. The smallest absolute Gasteiger partial charge is 0.253 e. The molecule has 1 unspecified atom stereocenters. The molecule has 0 aliphatic carbocycles. The second kappa shape index (κ2) is 8.53. The molecular formula is C20H30N2O3S. The molecular weight excluding hydrogens is 348 g/mol. The highest BCUT2D eigenvalue weighted by Gasteiger charge is 2.31. The topological polar surface area (TPSA) is 57.7 Å². The molecule has 0 N–H and O–H groups in total. The zero-order valence-corrected chi connectivity index (χ0v) is 16.5. The fraction of sp³-hybridized carbons (Fsp3) is 0.650. The first kappa shape index (κ1) is 19.4. The second-order valence-electron chi connectivity index (χ2n) is 7.54. The molecule has 5 nitrogen and oxygen atoms in total. The molecule has 0 radical (unpaired) electrons. The van der Waals surface area contributed by atoms with E-state index in [0.717, 1.165) is 45.2 Å². The van der Waals surface area contributed by atoms with Crippen LogP contribution in [-0.2, 0) is 10.0 Å². The average Bonchev–Trinajstić information content (AvgIpc) is 2.61. The lowest BCUT2D eigenvalue weighted by atomic mass is 10.1. The quantitative estimate of drug-likeness (QED) is 0.806. The predicted octanol–water partition coefficient (Wildman–Crippen LogP) is 3.66. The number of hydrogen-bond acceptors (Lipinski definition) is 3. The van der Waals surface area contributed by atoms with Gasteiger partial charge < -0.3 is 4.90 Å². The minimum atomic E-state index is -3.48. The van der Waals surface area contributed by atoms with Crippen LogP contribution in [0.15, 0.2) is 29.2 Å². The monoisotopic (exact) mass is 378 g/mol. The molecule has 2 heterocycles. The first-order chi connectivity index (χ1) is 12.5. The minimum Gasteiger partial charge on any atom is -0.339 e. The van der Waals surface area contributed by atoms with E-state index >= 15 is 0 Å². The lowest BCUT2D eigenvalue weighted by Gasteiger charge is -2.32. The van der Waals surface area contributed by atoms with Crippen LogP contribution in [0.25, 0.3) is 0 Å². The fourth-order valence-electron chi connectivity index (χ4n) is 3.97. The minimum absolute atomic E-state index is 0.0159. The van der Waals surface area contributed by atoms with Crippen LogP contribution in [0.3, 0.4) is 0 Å². The Bertz CT molecular complexity index is 707. The van der Waals surface area contributed by atoms with E-state index < -0.39 is 10.0 Å². The van der Waals surface area contributed by atoms with Gasteiger partial charge in [-0.15, -0.1) is 0 Å². The summed E-state index contributed by atoms with van der Waals surface area (Å²) in [5.74, 6) is 0.0159. The Labute approximate surface area is 157 Å². The Morgan fingerprint density at radius 2 is 1.46 bits per heavy atom. The zero-order valence-electron chi connectivity index (χ0n) is 15.7. The molecule has 2 fully saturated rings. The maximum Gasteiger partial charge on any atom is 0.253 e. The highest BCUT2D eigenvalue weighted by molar-refractivity contribution is 7.89. The summed E-state index contributed by atoms with van der Waals surface area (Å²) < 4.78 is 27.4. The van der Waals surface area contributed by atoms with E-state index in [1.165, 1.54) is 19.3 Å². The van der Waals surface area contributed by atoms with Gasteiger partial charge in [-0.3, -0.25) is 4.79 Å². The van der Waals surface area contributed by atoms with Gasteiger partial charge in [0.25, 0.3) is 5.91 Å². The number of piperidine rings is 1. The summed E-state index contributed by atoms with van der Waals surface area (Å²) >= 11 is 0. The van der Waals surface area contributed by atoms with Crippen LogP contribution in [0, 0.1) is 0 Å². The molecule has 1 aromatic carbocycles. The molecule has 0 bridgehead atoms. The van der Waals surface area contributed by atoms with Gasteiger partial charge in [0.15, 0.2) is 0 Å². The highest BCUT2D eigenvalue weighted by atomic mass is 32.2. The molecule has 3 rings (SSSR count). The predicted molar refractivity (Wildman–Crippen MR) is 103 cm³/mol. The van der Waals surface area contributed by atoms with Gasteiger partial charge >= 0.3 is 0 Å². The summed E-state index contributed by atoms with van der Waals surface area (Å²) in [6.45, 7) is 4.14. The number of carbonyl (C=O) groups excluding carboxylic acids is 1. The Hall–Kier alpha value is -1.40. The number of hydrogen-bond donors (Lipinski definition) is 0. The van der Waals surface area contributed by atoms with Crippen LogP contribution < -0.4 is 0 Å². The standard InChI is InChI=1S/C20H30N2O3S/c1-17-9-5-8-16-22(17)26(24,25)19-12-10-18(11-13-19)20(23)21-14-6-3-2-4-7-15-21/h10-13,17H,2-9,14-16H2,1H3. The van der Waals surface area contributed by atoms with Crippen molar-refractivity contribution in [2.24, 2.45) is 0 Å². The number of benzene rings is 1. The van der Waals surface area contributed by atoms with E-state index in [9.17, 15) is 13.2 Å². The third kappa shape index (κ3) is 4.29. The van der Waals surface area contributed by atoms with Gasteiger partial charge in [0.05, 0.1) is 4.90 Å². The first-order valence-corrected chi connectivity index (χ1v) is 11.4. The van der Waals surface area contributed by atoms with Crippen molar-refractivity contribution in [3.05, 3.63) is 29.8 Å². The largest absolute Gasteiger partial charge is 0.339 e. The number of nitrogens with zero attached hydrogens (tertiary/aromatic N) is 2. The van der Waals surface area contributed by atoms with Crippen LogP contribution in [0.4, 0.5) is 0 Å². The summed E-state index contributed by atoms with van der Waals surface area (Å²) in [5, 5.41) is 0. The van der Waals surface area contributed by atoms with Crippen LogP contribution in [-0.4, -0.2) is 49.2 Å². The first-order valence-electron chi connectivity index (χ1n) is 9.91. The highest BCUT2D eigenvalue weighted by Crippen LogP contribution is 2.25. The second-order valence-corrected chi connectivity index (χ2v) is 9.44. The van der Waals surface area contributed by atoms with Crippen LogP contribution in [0.1, 0.15) is 68.6 Å². The van der Waals surface area contributed by atoms with E-state index in [1.54, 1.807) is 28.6 Å². The number of sulfonamides is 1. The Morgan fingerprint density at radius 1 is 0.885 bits per heavy atom. The van der Waals surface area contributed by atoms with Gasteiger partial charge in [-0.2, -0.15) is 4.31 Å². The number of rotatable bonds is 3.